The van der Waals surface area contributed by atoms with Crippen LogP contribution in [-0.4, -0.2) is 55.4 Å². The molecule has 0 radical (unpaired) electrons. The number of carbonyl (C=O) groups excluding carboxylic acids is 1. The smallest absolute Gasteiger partial charge is 0.249 e. The van der Waals surface area contributed by atoms with Crippen LogP contribution in [0.3, 0.4) is 0 Å². The number of morpholine rings is 1. The zero-order valence-electron chi connectivity index (χ0n) is 15.8. The Morgan fingerprint density at radius 3 is 2.78 bits per heavy atom. The number of nitrogens with two attached hydrogens (primary N) is 1. The number of carbonyl (C=O) groups is 1. The van der Waals surface area contributed by atoms with Crippen LogP contribution in [0.1, 0.15) is 30.9 Å². The number of amides is 1. The van der Waals surface area contributed by atoms with Crippen LogP contribution in [0.25, 0.3) is 0 Å². The molecule has 3 atom stereocenters. The van der Waals surface area contributed by atoms with E-state index < -0.39 is 0 Å². The molecule has 0 aliphatic carbocycles. The van der Waals surface area contributed by atoms with Gasteiger partial charge in [0.25, 0.3) is 0 Å². The Kier molecular flexibility index (Phi) is 10.6. The van der Waals surface area contributed by atoms with E-state index in [4.69, 9.17) is 15.2 Å². The van der Waals surface area contributed by atoms with E-state index in [0.717, 1.165) is 44.6 Å². The lowest BCUT2D eigenvalue weighted by Crippen LogP contribution is -2.40. The summed E-state index contributed by atoms with van der Waals surface area (Å²) in [5, 5.41) is 2.99. The van der Waals surface area contributed by atoms with Gasteiger partial charge in [0.1, 0.15) is 6.10 Å². The molecule has 2 fully saturated rings. The molecule has 1 unspecified atom stereocenters. The fraction of sp³-hybridized carbons (Fsp3) is 0.632. The lowest BCUT2D eigenvalue weighted by Gasteiger charge is -2.31. The van der Waals surface area contributed by atoms with E-state index in [1.165, 1.54) is 5.56 Å². The maximum absolute atomic E-state index is 12.2. The van der Waals surface area contributed by atoms with Crippen molar-refractivity contribution in [3.63, 3.8) is 0 Å². The quantitative estimate of drug-likeness (QED) is 0.735. The number of halogens is 2. The predicted octanol–water partition coefficient (Wildman–Crippen LogP) is 1.87. The summed E-state index contributed by atoms with van der Waals surface area (Å²) in [6.07, 6.45) is 1.58. The first kappa shape index (κ1) is 24.1. The fourth-order valence-corrected chi connectivity index (χ4v) is 3.51. The molecule has 1 amide bonds. The molecule has 8 heteroatoms. The average molecular weight is 420 g/mol. The Morgan fingerprint density at radius 2 is 2.07 bits per heavy atom. The van der Waals surface area contributed by atoms with Gasteiger partial charge in [0, 0.05) is 32.7 Å². The van der Waals surface area contributed by atoms with E-state index in [0.29, 0.717) is 19.2 Å². The summed E-state index contributed by atoms with van der Waals surface area (Å²) in [4.78, 5) is 14.6. The van der Waals surface area contributed by atoms with Crippen LogP contribution in [0.4, 0.5) is 0 Å². The molecule has 0 saturated carbocycles. The largest absolute Gasteiger partial charge is 0.376 e. The lowest BCUT2D eigenvalue weighted by molar-refractivity contribution is -0.132. The van der Waals surface area contributed by atoms with E-state index >= 15 is 0 Å². The highest BCUT2D eigenvalue weighted by Crippen LogP contribution is 2.19. The first-order valence-electron chi connectivity index (χ1n) is 9.19. The van der Waals surface area contributed by atoms with E-state index in [1.807, 2.05) is 6.07 Å². The SMILES string of the molecule is CC1CN(Cc2cccc(CNC(=O)[C@@H]3CC[C@H](CN)O3)c2)CCO1.Cl.Cl. The number of ether oxygens (including phenoxy) is 2. The summed E-state index contributed by atoms with van der Waals surface area (Å²) in [7, 11) is 0. The molecule has 27 heavy (non-hydrogen) atoms. The summed E-state index contributed by atoms with van der Waals surface area (Å²) < 4.78 is 11.2. The number of nitrogens with one attached hydrogen (secondary N) is 1. The van der Waals surface area contributed by atoms with Crippen molar-refractivity contribution in [2.45, 2.75) is 51.2 Å². The van der Waals surface area contributed by atoms with Crippen molar-refractivity contribution in [2.75, 3.05) is 26.2 Å². The fourth-order valence-electron chi connectivity index (χ4n) is 3.51. The molecule has 3 rings (SSSR count). The summed E-state index contributed by atoms with van der Waals surface area (Å²) in [5.41, 5.74) is 7.97. The molecule has 2 aliphatic rings. The maximum atomic E-state index is 12.2. The van der Waals surface area contributed by atoms with Crippen LogP contribution in [0.2, 0.25) is 0 Å². The molecule has 0 aromatic heterocycles. The van der Waals surface area contributed by atoms with Crippen molar-refractivity contribution in [3.8, 4) is 0 Å². The second kappa shape index (κ2) is 11.8. The van der Waals surface area contributed by atoms with Crippen LogP contribution in [0.15, 0.2) is 24.3 Å². The first-order valence-corrected chi connectivity index (χ1v) is 9.19. The van der Waals surface area contributed by atoms with Gasteiger partial charge in [-0.25, -0.2) is 0 Å². The Bertz CT molecular complexity index is 591. The van der Waals surface area contributed by atoms with Gasteiger partial charge >= 0.3 is 0 Å². The van der Waals surface area contributed by atoms with E-state index in [9.17, 15) is 4.79 Å². The Balaban J connectivity index is 0.00000182. The van der Waals surface area contributed by atoms with Crippen LogP contribution in [0, 0.1) is 0 Å². The van der Waals surface area contributed by atoms with Crippen molar-refractivity contribution in [1.82, 2.24) is 10.2 Å². The molecule has 154 valence electrons. The summed E-state index contributed by atoms with van der Waals surface area (Å²) >= 11 is 0. The monoisotopic (exact) mass is 419 g/mol. The third-order valence-electron chi connectivity index (χ3n) is 4.85. The second-order valence-electron chi connectivity index (χ2n) is 7.01. The van der Waals surface area contributed by atoms with Crippen molar-refractivity contribution in [3.05, 3.63) is 35.4 Å². The van der Waals surface area contributed by atoms with Crippen molar-refractivity contribution >= 4 is 30.7 Å². The normalized spacial score (nSPS) is 25.3. The van der Waals surface area contributed by atoms with Gasteiger partial charge < -0.3 is 20.5 Å². The lowest BCUT2D eigenvalue weighted by atomic mass is 10.1. The predicted molar refractivity (Wildman–Crippen MR) is 110 cm³/mol. The van der Waals surface area contributed by atoms with Gasteiger partial charge in [0.05, 0.1) is 18.8 Å². The molecule has 6 nitrogen and oxygen atoms in total. The van der Waals surface area contributed by atoms with Crippen molar-refractivity contribution in [1.29, 1.82) is 0 Å². The molecule has 1 aromatic rings. The minimum Gasteiger partial charge on any atom is -0.376 e. The summed E-state index contributed by atoms with van der Waals surface area (Å²) in [5.74, 6) is -0.0386. The molecule has 3 N–H and O–H groups in total. The first-order chi connectivity index (χ1) is 12.1. The van der Waals surface area contributed by atoms with Gasteiger partial charge in [-0.1, -0.05) is 24.3 Å². The molecular weight excluding hydrogens is 389 g/mol. The molecule has 2 heterocycles. The Labute approximate surface area is 174 Å². The number of nitrogens with zero attached hydrogens (tertiary/aromatic N) is 1. The van der Waals surface area contributed by atoms with Gasteiger partial charge in [0.2, 0.25) is 5.91 Å². The molecule has 0 spiro atoms. The number of hydrogen-bond acceptors (Lipinski definition) is 5. The molecular formula is C19H31Cl2N3O3. The highest BCUT2D eigenvalue weighted by Gasteiger charge is 2.29. The minimum absolute atomic E-state index is 0. The van der Waals surface area contributed by atoms with Crippen LogP contribution in [-0.2, 0) is 27.4 Å². The van der Waals surface area contributed by atoms with E-state index in [1.54, 1.807) is 0 Å². The summed E-state index contributed by atoms with van der Waals surface area (Å²) in [6.45, 7) is 6.75. The van der Waals surface area contributed by atoms with Crippen LogP contribution in [0.5, 0.6) is 0 Å². The highest BCUT2D eigenvalue weighted by molar-refractivity contribution is 5.85. The van der Waals surface area contributed by atoms with Gasteiger partial charge in [-0.05, 0) is 30.9 Å². The zero-order valence-corrected chi connectivity index (χ0v) is 17.4. The van der Waals surface area contributed by atoms with Gasteiger partial charge in [-0.3, -0.25) is 9.69 Å². The Morgan fingerprint density at radius 1 is 1.30 bits per heavy atom. The van der Waals surface area contributed by atoms with E-state index in [2.05, 4.69) is 35.3 Å². The van der Waals surface area contributed by atoms with Crippen LogP contribution < -0.4 is 11.1 Å². The molecule has 0 bridgehead atoms. The van der Waals surface area contributed by atoms with Gasteiger partial charge in [-0.2, -0.15) is 0 Å². The van der Waals surface area contributed by atoms with Gasteiger partial charge in [-0.15, -0.1) is 24.8 Å². The third-order valence-corrected chi connectivity index (χ3v) is 4.85. The topological polar surface area (TPSA) is 76.8 Å². The minimum atomic E-state index is -0.355. The number of benzene rings is 1. The van der Waals surface area contributed by atoms with Crippen molar-refractivity contribution in [2.24, 2.45) is 5.73 Å². The summed E-state index contributed by atoms with van der Waals surface area (Å²) in [6, 6.07) is 8.40. The van der Waals surface area contributed by atoms with Crippen molar-refractivity contribution < 1.29 is 14.3 Å². The number of hydrogen-bond donors (Lipinski definition) is 2. The van der Waals surface area contributed by atoms with Gasteiger partial charge in [0.15, 0.2) is 0 Å². The third kappa shape index (κ3) is 7.22. The second-order valence-corrected chi connectivity index (χ2v) is 7.01. The Hall–Kier alpha value is -0.890. The number of rotatable bonds is 6. The molecule has 1 aromatic carbocycles. The maximum Gasteiger partial charge on any atom is 0.249 e. The standard InChI is InChI=1S/C19H29N3O3.2ClH/c1-14-12-22(7-8-24-14)13-16-4-2-3-15(9-16)11-21-19(23)18-6-5-17(10-20)25-18;;/h2-4,9,14,17-18H,5-8,10-13,20H2,1H3,(H,21,23);2*1H/t14?,17-,18+;;/m1../s1. The molecule has 2 saturated heterocycles. The molecule has 2 aliphatic heterocycles. The van der Waals surface area contributed by atoms with Crippen LogP contribution >= 0.6 is 24.8 Å². The average Bonchev–Trinajstić information content (AvgIpc) is 3.09. The van der Waals surface area contributed by atoms with E-state index in [-0.39, 0.29) is 42.9 Å². The highest BCUT2D eigenvalue weighted by atomic mass is 35.5. The zero-order chi connectivity index (χ0) is 17.6.